The highest BCUT2D eigenvalue weighted by molar-refractivity contribution is 5.85. The molecule has 0 radical (unpaired) electrons. The van der Waals surface area contributed by atoms with Crippen LogP contribution >= 0.6 is 0 Å². The average molecular weight is 294 g/mol. The van der Waals surface area contributed by atoms with Crippen LogP contribution in [0.2, 0.25) is 0 Å². The van der Waals surface area contributed by atoms with Gasteiger partial charge in [-0.15, -0.1) is 6.58 Å². The Morgan fingerprint density at radius 1 is 1.38 bits per heavy atom. The lowest BCUT2D eigenvalue weighted by molar-refractivity contribution is -0.119. The maximum Gasteiger partial charge on any atom is 0.242 e. The van der Waals surface area contributed by atoms with Gasteiger partial charge >= 0.3 is 0 Å². The number of aliphatic imine (C=N–C) groups is 1. The Hall–Kier alpha value is -1.52. The number of carbonyl (C=O) groups is 1. The van der Waals surface area contributed by atoms with Gasteiger partial charge in [-0.1, -0.05) is 12.5 Å². The maximum atomic E-state index is 11.7. The van der Waals surface area contributed by atoms with E-state index < -0.39 is 0 Å². The molecule has 0 heterocycles. The number of nitrogens with zero attached hydrogens (tertiary/aromatic N) is 2. The summed E-state index contributed by atoms with van der Waals surface area (Å²) in [5, 5.41) is 6.19. The van der Waals surface area contributed by atoms with Crippen LogP contribution < -0.4 is 10.6 Å². The zero-order valence-electron chi connectivity index (χ0n) is 13.5. The third kappa shape index (κ3) is 8.38. The van der Waals surface area contributed by atoms with E-state index in [1.54, 1.807) is 0 Å². The summed E-state index contributed by atoms with van der Waals surface area (Å²) in [6.45, 7) is 7.74. The van der Waals surface area contributed by atoms with E-state index in [0.717, 1.165) is 44.7 Å². The van der Waals surface area contributed by atoms with Crippen LogP contribution in [0.15, 0.2) is 17.6 Å². The van der Waals surface area contributed by atoms with Crippen LogP contribution in [0.1, 0.15) is 45.4 Å². The molecule has 1 amide bonds. The number of nitrogens with one attached hydrogen (secondary N) is 2. The second-order valence-electron chi connectivity index (χ2n) is 5.57. The lowest BCUT2D eigenvalue weighted by atomic mass is 10.2. The second kappa shape index (κ2) is 10.2. The van der Waals surface area contributed by atoms with Crippen molar-refractivity contribution < 1.29 is 4.79 Å². The minimum atomic E-state index is 0.0206. The smallest absolute Gasteiger partial charge is 0.242 e. The molecule has 2 N–H and O–H groups in total. The van der Waals surface area contributed by atoms with E-state index in [9.17, 15) is 4.79 Å². The number of carbonyl (C=O) groups excluding carboxylic acids is 1. The molecule has 120 valence electrons. The molecule has 0 aromatic heterocycles. The third-order valence-corrected chi connectivity index (χ3v) is 3.41. The van der Waals surface area contributed by atoms with Crippen molar-refractivity contribution >= 4 is 11.9 Å². The standard InChI is InChI=1S/C16H30N4O/c1-4-6-7-8-9-12-20(3)16(17-5-2)18-13-15(21)19-14-10-11-14/h4,14H,1,5-13H2,2-3H3,(H,17,18)(H,19,21). The van der Waals surface area contributed by atoms with E-state index >= 15 is 0 Å². The number of hydrogen-bond donors (Lipinski definition) is 2. The summed E-state index contributed by atoms with van der Waals surface area (Å²) < 4.78 is 0. The Labute approximate surface area is 128 Å². The molecule has 0 atom stereocenters. The molecule has 0 bridgehead atoms. The van der Waals surface area contributed by atoms with Crippen molar-refractivity contribution in [1.82, 2.24) is 15.5 Å². The summed E-state index contributed by atoms with van der Waals surface area (Å²) in [6.07, 6.45) is 8.78. The first-order chi connectivity index (χ1) is 10.2. The molecule has 1 aliphatic rings. The van der Waals surface area contributed by atoms with Crippen molar-refractivity contribution in [3.63, 3.8) is 0 Å². The highest BCUT2D eigenvalue weighted by atomic mass is 16.2. The summed E-state index contributed by atoms with van der Waals surface area (Å²) in [5.41, 5.74) is 0. The first-order valence-corrected chi connectivity index (χ1v) is 8.07. The molecule has 0 spiro atoms. The molecule has 1 saturated carbocycles. The Balaban J connectivity index is 2.30. The summed E-state index contributed by atoms with van der Waals surface area (Å²) in [7, 11) is 2.02. The van der Waals surface area contributed by atoms with Gasteiger partial charge in [-0.05, 0) is 39.0 Å². The largest absolute Gasteiger partial charge is 0.357 e. The molecule has 21 heavy (non-hydrogen) atoms. The predicted molar refractivity (Wildman–Crippen MR) is 88.4 cm³/mol. The van der Waals surface area contributed by atoms with E-state index in [1.807, 2.05) is 20.0 Å². The SMILES string of the molecule is C=CCCCCCN(C)C(=NCC(=O)NC1CC1)NCC. The number of amides is 1. The molecule has 5 heteroatoms. The van der Waals surface area contributed by atoms with E-state index in [4.69, 9.17) is 0 Å². The first-order valence-electron chi connectivity index (χ1n) is 8.07. The zero-order chi connectivity index (χ0) is 15.5. The minimum absolute atomic E-state index is 0.0206. The van der Waals surface area contributed by atoms with Gasteiger partial charge in [0.15, 0.2) is 5.96 Å². The van der Waals surface area contributed by atoms with Crippen LogP contribution in [0.3, 0.4) is 0 Å². The number of guanidine groups is 1. The third-order valence-electron chi connectivity index (χ3n) is 3.41. The molecule has 0 unspecified atom stereocenters. The van der Waals surface area contributed by atoms with Gasteiger partial charge in [0, 0.05) is 26.2 Å². The summed E-state index contributed by atoms with van der Waals surface area (Å²) in [4.78, 5) is 18.2. The zero-order valence-corrected chi connectivity index (χ0v) is 13.5. The van der Waals surface area contributed by atoms with Crippen molar-refractivity contribution in [2.75, 3.05) is 26.7 Å². The van der Waals surface area contributed by atoms with E-state index in [1.165, 1.54) is 12.8 Å². The monoisotopic (exact) mass is 294 g/mol. The Kier molecular flexibility index (Phi) is 8.55. The topological polar surface area (TPSA) is 56.7 Å². The van der Waals surface area contributed by atoms with Gasteiger partial charge in [0.05, 0.1) is 0 Å². The number of rotatable bonds is 10. The molecule has 0 saturated heterocycles. The van der Waals surface area contributed by atoms with Crippen LogP contribution in [0.4, 0.5) is 0 Å². The molecule has 1 fully saturated rings. The molecular weight excluding hydrogens is 264 g/mol. The molecule has 5 nitrogen and oxygen atoms in total. The van der Waals surface area contributed by atoms with Gasteiger partial charge in [0.25, 0.3) is 0 Å². The van der Waals surface area contributed by atoms with Crippen LogP contribution in [0.5, 0.6) is 0 Å². The van der Waals surface area contributed by atoms with Gasteiger partial charge in [-0.3, -0.25) is 4.79 Å². The summed E-state index contributed by atoms with van der Waals surface area (Å²) >= 11 is 0. The fourth-order valence-electron chi connectivity index (χ4n) is 2.04. The van der Waals surface area contributed by atoms with Crippen molar-refractivity contribution in [1.29, 1.82) is 0 Å². The van der Waals surface area contributed by atoms with Crippen LogP contribution in [0, 0.1) is 0 Å². The molecule has 1 aliphatic carbocycles. The van der Waals surface area contributed by atoms with E-state index in [-0.39, 0.29) is 12.5 Å². The number of allylic oxidation sites excluding steroid dienone is 1. The lowest BCUT2D eigenvalue weighted by Gasteiger charge is -2.22. The molecule has 1 rings (SSSR count). The first kappa shape index (κ1) is 17.5. The van der Waals surface area contributed by atoms with Gasteiger partial charge in [0.2, 0.25) is 5.91 Å². The summed E-state index contributed by atoms with van der Waals surface area (Å²) in [5.74, 6) is 0.833. The lowest BCUT2D eigenvalue weighted by Crippen LogP contribution is -2.40. The fraction of sp³-hybridized carbons (Fsp3) is 0.750. The van der Waals surface area contributed by atoms with E-state index in [0.29, 0.717) is 6.04 Å². The Bertz CT molecular complexity index is 350. The number of hydrogen-bond acceptors (Lipinski definition) is 2. The predicted octanol–water partition coefficient (Wildman–Crippen LogP) is 1.91. The van der Waals surface area contributed by atoms with Crippen LogP contribution in [0.25, 0.3) is 0 Å². The second-order valence-corrected chi connectivity index (χ2v) is 5.57. The Morgan fingerprint density at radius 3 is 2.76 bits per heavy atom. The molecule has 0 aromatic rings. The average Bonchev–Trinajstić information content (AvgIpc) is 3.26. The quantitative estimate of drug-likeness (QED) is 0.280. The molecule has 0 aliphatic heterocycles. The maximum absolute atomic E-state index is 11.7. The molecular formula is C16H30N4O. The number of unbranched alkanes of at least 4 members (excludes halogenated alkanes) is 3. The van der Waals surface area contributed by atoms with Crippen LogP contribution in [-0.2, 0) is 4.79 Å². The minimum Gasteiger partial charge on any atom is -0.357 e. The van der Waals surface area contributed by atoms with Gasteiger partial charge in [-0.25, -0.2) is 4.99 Å². The van der Waals surface area contributed by atoms with Crippen LogP contribution in [-0.4, -0.2) is 49.5 Å². The Morgan fingerprint density at radius 2 is 2.14 bits per heavy atom. The normalized spacial score (nSPS) is 14.7. The van der Waals surface area contributed by atoms with Gasteiger partial charge in [0.1, 0.15) is 6.54 Å². The van der Waals surface area contributed by atoms with Gasteiger partial charge < -0.3 is 15.5 Å². The summed E-state index contributed by atoms with van der Waals surface area (Å²) in [6, 6.07) is 0.401. The highest BCUT2D eigenvalue weighted by Gasteiger charge is 2.22. The van der Waals surface area contributed by atoms with Crippen molar-refractivity contribution in [2.24, 2.45) is 4.99 Å². The van der Waals surface area contributed by atoms with Crippen molar-refractivity contribution in [3.05, 3.63) is 12.7 Å². The highest BCUT2D eigenvalue weighted by Crippen LogP contribution is 2.18. The van der Waals surface area contributed by atoms with E-state index in [2.05, 4.69) is 27.1 Å². The fourth-order valence-corrected chi connectivity index (χ4v) is 2.04. The molecule has 0 aromatic carbocycles. The van der Waals surface area contributed by atoms with Crippen molar-refractivity contribution in [3.8, 4) is 0 Å². The van der Waals surface area contributed by atoms with Crippen molar-refractivity contribution in [2.45, 2.75) is 51.5 Å². The van der Waals surface area contributed by atoms with Gasteiger partial charge in [-0.2, -0.15) is 0 Å².